The fourth-order valence-electron chi connectivity index (χ4n) is 3.27. The van der Waals surface area contributed by atoms with Crippen LogP contribution < -0.4 is 4.90 Å². The Labute approximate surface area is 184 Å². The lowest BCUT2D eigenvalue weighted by Gasteiger charge is -2.20. The zero-order valence-electron chi connectivity index (χ0n) is 17.1. The van der Waals surface area contributed by atoms with Gasteiger partial charge in [-0.15, -0.1) is 0 Å². The van der Waals surface area contributed by atoms with Crippen molar-refractivity contribution in [2.75, 3.05) is 10.7 Å². The number of hydrogen-bond donors (Lipinski definition) is 0. The Balaban J connectivity index is 1.60. The first-order valence-electron chi connectivity index (χ1n) is 10.00. The molecule has 0 spiro atoms. The molecule has 5 nitrogen and oxygen atoms in total. The van der Waals surface area contributed by atoms with Gasteiger partial charge in [-0.25, -0.2) is 9.97 Å². The third-order valence-corrected chi connectivity index (χ3v) is 6.82. The summed E-state index contributed by atoms with van der Waals surface area (Å²) in [6.45, 7) is 5.60. The van der Waals surface area contributed by atoms with Gasteiger partial charge in [0.1, 0.15) is 0 Å². The average molecular weight is 437 g/mol. The number of imidazole rings is 1. The lowest BCUT2D eigenvalue weighted by Crippen LogP contribution is -2.32. The maximum atomic E-state index is 13.3. The minimum atomic E-state index is 0.0339. The SMILES string of the molecule is CCCn1ccnc1SCC(=O)N(Cc1ccccc1)c1nc2c(C)cccc2s1. The van der Waals surface area contributed by atoms with Crippen LogP contribution in [-0.2, 0) is 17.9 Å². The average Bonchev–Trinajstić information content (AvgIpc) is 3.39. The van der Waals surface area contributed by atoms with Crippen LogP contribution in [0.5, 0.6) is 0 Å². The van der Waals surface area contributed by atoms with E-state index in [2.05, 4.69) is 35.5 Å². The van der Waals surface area contributed by atoms with E-state index in [1.807, 2.05) is 42.6 Å². The molecule has 0 saturated heterocycles. The summed E-state index contributed by atoms with van der Waals surface area (Å²) in [7, 11) is 0. The van der Waals surface area contributed by atoms with Gasteiger partial charge in [0, 0.05) is 18.9 Å². The molecular weight excluding hydrogens is 412 g/mol. The molecule has 0 N–H and O–H groups in total. The Bertz CT molecular complexity index is 1140. The van der Waals surface area contributed by atoms with Crippen molar-refractivity contribution in [3.8, 4) is 0 Å². The number of thiazole rings is 1. The second-order valence-electron chi connectivity index (χ2n) is 7.08. The molecule has 0 atom stereocenters. The van der Waals surface area contributed by atoms with Crippen LogP contribution in [0.2, 0.25) is 0 Å². The second-order valence-corrected chi connectivity index (χ2v) is 9.03. The number of anilines is 1. The van der Waals surface area contributed by atoms with Crippen molar-refractivity contribution in [2.45, 2.75) is 38.5 Å². The number of aromatic nitrogens is 3. The highest BCUT2D eigenvalue weighted by Crippen LogP contribution is 2.32. The number of para-hydroxylation sites is 1. The number of amides is 1. The van der Waals surface area contributed by atoms with E-state index in [1.165, 1.54) is 11.8 Å². The first kappa shape index (κ1) is 20.6. The zero-order valence-corrected chi connectivity index (χ0v) is 18.7. The third kappa shape index (κ3) is 4.57. The molecule has 2 aromatic carbocycles. The fourth-order valence-corrected chi connectivity index (χ4v) is 5.19. The van der Waals surface area contributed by atoms with Gasteiger partial charge >= 0.3 is 0 Å². The Kier molecular flexibility index (Phi) is 6.50. The number of benzene rings is 2. The van der Waals surface area contributed by atoms with Crippen molar-refractivity contribution in [1.82, 2.24) is 14.5 Å². The lowest BCUT2D eigenvalue weighted by molar-refractivity contribution is -0.116. The summed E-state index contributed by atoms with van der Waals surface area (Å²) in [4.78, 5) is 24.3. The Morgan fingerprint density at radius 3 is 2.77 bits per heavy atom. The van der Waals surface area contributed by atoms with Crippen molar-refractivity contribution in [3.63, 3.8) is 0 Å². The molecule has 0 aliphatic carbocycles. The van der Waals surface area contributed by atoms with E-state index in [0.717, 1.165) is 44.6 Å². The van der Waals surface area contributed by atoms with E-state index in [1.54, 1.807) is 22.4 Å². The molecule has 2 aromatic heterocycles. The molecule has 30 heavy (non-hydrogen) atoms. The van der Waals surface area contributed by atoms with Gasteiger partial charge in [0.15, 0.2) is 10.3 Å². The van der Waals surface area contributed by atoms with Crippen LogP contribution in [0, 0.1) is 6.92 Å². The standard InChI is InChI=1S/C23H24N4OS2/c1-3-13-26-14-12-24-22(26)29-16-20(28)27(15-18-9-5-4-6-10-18)23-25-21-17(2)8-7-11-19(21)30-23/h4-12,14H,3,13,15-16H2,1-2H3. The zero-order chi connectivity index (χ0) is 20.9. The van der Waals surface area contributed by atoms with Crippen molar-refractivity contribution in [3.05, 3.63) is 72.1 Å². The summed E-state index contributed by atoms with van der Waals surface area (Å²) >= 11 is 3.05. The monoisotopic (exact) mass is 436 g/mol. The van der Waals surface area contributed by atoms with Crippen molar-refractivity contribution in [2.24, 2.45) is 0 Å². The van der Waals surface area contributed by atoms with E-state index in [-0.39, 0.29) is 5.91 Å². The van der Waals surface area contributed by atoms with Crippen molar-refractivity contribution >= 4 is 44.4 Å². The lowest BCUT2D eigenvalue weighted by atomic mass is 10.2. The van der Waals surface area contributed by atoms with Crippen LogP contribution in [-0.4, -0.2) is 26.2 Å². The fraction of sp³-hybridized carbons (Fsp3) is 0.261. The molecule has 0 aliphatic rings. The maximum absolute atomic E-state index is 13.3. The van der Waals surface area contributed by atoms with Crippen LogP contribution in [0.15, 0.2) is 66.1 Å². The van der Waals surface area contributed by atoms with E-state index in [0.29, 0.717) is 12.3 Å². The normalized spacial score (nSPS) is 11.1. The number of aryl methyl sites for hydroxylation is 2. The van der Waals surface area contributed by atoms with Gasteiger partial charge in [-0.2, -0.15) is 0 Å². The number of carbonyl (C=O) groups is 1. The second kappa shape index (κ2) is 9.45. The Morgan fingerprint density at radius 1 is 1.17 bits per heavy atom. The van der Waals surface area contributed by atoms with Crippen LogP contribution in [0.25, 0.3) is 10.2 Å². The molecule has 0 radical (unpaired) electrons. The van der Waals surface area contributed by atoms with E-state index in [9.17, 15) is 4.79 Å². The molecule has 0 aliphatic heterocycles. The summed E-state index contributed by atoms with van der Waals surface area (Å²) in [5, 5.41) is 1.62. The molecular formula is C23H24N4OS2. The van der Waals surface area contributed by atoms with Gasteiger partial charge < -0.3 is 4.57 Å². The number of rotatable bonds is 8. The predicted molar refractivity (Wildman–Crippen MR) is 125 cm³/mol. The van der Waals surface area contributed by atoms with E-state index in [4.69, 9.17) is 4.98 Å². The molecule has 7 heteroatoms. The number of nitrogens with zero attached hydrogens (tertiary/aromatic N) is 4. The summed E-state index contributed by atoms with van der Waals surface area (Å²) in [5.41, 5.74) is 3.17. The molecule has 2 heterocycles. The van der Waals surface area contributed by atoms with Gasteiger partial charge in [0.25, 0.3) is 0 Å². The molecule has 0 unspecified atom stereocenters. The number of thioether (sulfide) groups is 1. The first-order chi connectivity index (χ1) is 14.7. The minimum absolute atomic E-state index is 0.0339. The molecule has 0 saturated carbocycles. The van der Waals surface area contributed by atoms with E-state index >= 15 is 0 Å². The van der Waals surface area contributed by atoms with Gasteiger partial charge in [0.05, 0.1) is 22.5 Å². The summed E-state index contributed by atoms with van der Waals surface area (Å²) in [6, 6.07) is 16.2. The van der Waals surface area contributed by atoms with Gasteiger partial charge in [-0.1, -0.05) is 72.5 Å². The topological polar surface area (TPSA) is 51.0 Å². The largest absolute Gasteiger partial charge is 0.326 e. The van der Waals surface area contributed by atoms with Crippen LogP contribution in [0.1, 0.15) is 24.5 Å². The predicted octanol–water partition coefficient (Wildman–Crippen LogP) is 5.54. The van der Waals surface area contributed by atoms with Crippen LogP contribution in [0.4, 0.5) is 5.13 Å². The smallest absolute Gasteiger partial charge is 0.239 e. The van der Waals surface area contributed by atoms with Gasteiger partial charge in [0.2, 0.25) is 5.91 Å². The number of carbonyl (C=O) groups excluding carboxylic acids is 1. The number of fused-ring (bicyclic) bond motifs is 1. The van der Waals surface area contributed by atoms with E-state index < -0.39 is 0 Å². The van der Waals surface area contributed by atoms with Gasteiger partial charge in [-0.3, -0.25) is 9.69 Å². The highest BCUT2D eigenvalue weighted by Gasteiger charge is 2.21. The summed E-state index contributed by atoms with van der Waals surface area (Å²) in [5.74, 6) is 0.356. The molecule has 1 amide bonds. The summed E-state index contributed by atoms with van der Waals surface area (Å²) in [6.07, 6.45) is 4.79. The highest BCUT2D eigenvalue weighted by atomic mass is 32.2. The highest BCUT2D eigenvalue weighted by molar-refractivity contribution is 7.99. The van der Waals surface area contributed by atoms with Crippen LogP contribution in [0.3, 0.4) is 0 Å². The molecule has 0 fully saturated rings. The Morgan fingerprint density at radius 2 is 2.00 bits per heavy atom. The van der Waals surface area contributed by atoms with Crippen molar-refractivity contribution in [1.29, 1.82) is 0 Å². The number of hydrogen-bond acceptors (Lipinski definition) is 5. The maximum Gasteiger partial charge on any atom is 0.239 e. The molecule has 4 aromatic rings. The quantitative estimate of drug-likeness (QED) is 0.341. The molecule has 154 valence electrons. The van der Waals surface area contributed by atoms with Crippen LogP contribution >= 0.6 is 23.1 Å². The summed E-state index contributed by atoms with van der Waals surface area (Å²) < 4.78 is 3.20. The minimum Gasteiger partial charge on any atom is -0.326 e. The first-order valence-corrected chi connectivity index (χ1v) is 11.8. The van der Waals surface area contributed by atoms with Crippen molar-refractivity contribution < 1.29 is 4.79 Å². The third-order valence-electron chi connectivity index (χ3n) is 4.79. The molecule has 4 rings (SSSR count). The molecule has 0 bridgehead atoms. The Hall–Kier alpha value is -2.64. The van der Waals surface area contributed by atoms with Gasteiger partial charge in [-0.05, 0) is 30.5 Å².